The van der Waals surface area contributed by atoms with E-state index >= 15 is 0 Å². The van der Waals surface area contributed by atoms with Crippen molar-refractivity contribution < 1.29 is 9.90 Å². The number of nitrogens with zero attached hydrogens (tertiary/aromatic N) is 4. The summed E-state index contributed by atoms with van der Waals surface area (Å²) >= 11 is 1.63. The fourth-order valence-electron chi connectivity index (χ4n) is 4.06. The Morgan fingerprint density at radius 1 is 1.19 bits per heavy atom. The van der Waals surface area contributed by atoms with Crippen molar-refractivity contribution in [2.24, 2.45) is 5.92 Å². The van der Waals surface area contributed by atoms with Crippen molar-refractivity contribution in [3.05, 3.63) is 48.3 Å². The standard InChI is InChI=1S/C23H27N5O2S/c1-15-10-11-24-21(12-15)27-20-5-3-4-18(26-20)19-14-25-23(31-19)28(2)17-8-6-16(7-9-17)13-22(29)30/h3-5,10-12,14,16-17H,6-9,13H2,1-2H3,(H,29,30)(H,24,26,27)/t16-,17+. The molecule has 0 aliphatic heterocycles. The number of hydrogen-bond donors (Lipinski definition) is 2. The quantitative estimate of drug-likeness (QED) is 0.530. The minimum absolute atomic E-state index is 0.284. The molecule has 0 aromatic carbocycles. The largest absolute Gasteiger partial charge is 0.481 e. The minimum Gasteiger partial charge on any atom is -0.481 e. The first-order chi connectivity index (χ1) is 15.0. The zero-order valence-electron chi connectivity index (χ0n) is 17.8. The van der Waals surface area contributed by atoms with E-state index in [1.807, 2.05) is 43.5 Å². The van der Waals surface area contributed by atoms with Gasteiger partial charge in [0.2, 0.25) is 0 Å². The number of nitrogens with one attached hydrogen (secondary N) is 1. The normalized spacial score (nSPS) is 18.5. The van der Waals surface area contributed by atoms with E-state index < -0.39 is 5.97 Å². The van der Waals surface area contributed by atoms with Gasteiger partial charge in [-0.15, -0.1) is 0 Å². The zero-order chi connectivity index (χ0) is 21.8. The number of carbonyl (C=O) groups is 1. The SMILES string of the molecule is Cc1ccnc(Nc2cccc(-c3cnc(N(C)[C@H]4CC[C@@H](CC(=O)O)CC4)s3)n2)c1. The fourth-order valence-corrected chi connectivity index (χ4v) is 4.98. The molecule has 0 bridgehead atoms. The Balaban J connectivity index is 1.42. The molecule has 0 radical (unpaired) electrons. The lowest BCUT2D eigenvalue weighted by atomic mass is 9.84. The van der Waals surface area contributed by atoms with E-state index in [4.69, 9.17) is 10.1 Å². The highest BCUT2D eigenvalue weighted by atomic mass is 32.1. The Labute approximate surface area is 186 Å². The molecule has 1 saturated carbocycles. The van der Waals surface area contributed by atoms with Gasteiger partial charge in [-0.3, -0.25) is 4.79 Å². The van der Waals surface area contributed by atoms with Crippen molar-refractivity contribution in [1.29, 1.82) is 0 Å². The lowest BCUT2D eigenvalue weighted by Gasteiger charge is -2.34. The summed E-state index contributed by atoms with van der Waals surface area (Å²) in [5.74, 6) is 1.13. The zero-order valence-corrected chi connectivity index (χ0v) is 18.6. The third-order valence-electron chi connectivity index (χ3n) is 5.80. The van der Waals surface area contributed by atoms with Crippen LogP contribution in [0, 0.1) is 12.8 Å². The van der Waals surface area contributed by atoms with Gasteiger partial charge in [-0.25, -0.2) is 15.0 Å². The summed E-state index contributed by atoms with van der Waals surface area (Å²) in [6.45, 7) is 2.03. The van der Waals surface area contributed by atoms with Crippen LogP contribution >= 0.6 is 11.3 Å². The summed E-state index contributed by atoms with van der Waals surface area (Å²) < 4.78 is 0. The summed E-state index contributed by atoms with van der Waals surface area (Å²) in [4.78, 5) is 27.9. The fraction of sp³-hybridized carbons (Fsp3) is 0.391. The van der Waals surface area contributed by atoms with Gasteiger partial charge in [0.25, 0.3) is 0 Å². The van der Waals surface area contributed by atoms with Gasteiger partial charge in [-0.05, 0) is 68.4 Å². The summed E-state index contributed by atoms with van der Waals surface area (Å²) in [6, 6.07) is 10.2. The summed E-state index contributed by atoms with van der Waals surface area (Å²) in [7, 11) is 2.08. The molecule has 0 spiro atoms. The van der Waals surface area contributed by atoms with Crippen LogP contribution < -0.4 is 10.2 Å². The Morgan fingerprint density at radius 2 is 2.00 bits per heavy atom. The third kappa shape index (κ3) is 5.38. The first-order valence-corrected chi connectivity index (χ1v) is 11.4. The number of thiazole rings is 1. The first kappa shape index (κ1) is 21.2. The number of rotatable bonds is 7. The van der Waals surface area contributed by atoms with E-state index in [0.717, 1.165) is 58.6 Å². The molecular weight excluding hydrogens is 410 g/mol. The maximum atomic E-state index is 11.0. The van der Waals surface area contributed by atoms with E-state index in [1.165, 1.54) is 0 Å². The molecule has 8 heteroatoms. The van der Waals surface area contributed by atoms with Crippen molar-refractivity contribution in [3.8, 4) is 10.6 Å². The highest BCUT2D eigenvalue weighted by molar-refractivity contribution is 7.18. The molecule has 1 aliphatic carbocycles. The number of carboxylic acid groups (broad SMARTS) is 1. The highest BCUT2D eigenvalue weighted by Gasteiger charge is 2.26. The molecule has 4 rings (SSSR count). The van der Waals surface area contributed by atoms with E-state index in [-0.39, 0.29) is 6.42 Å². The van der Waals surface area contributed by atoms with Crippen LogP contribution in [0.5, 0.6) is 0 Å². The van der Waals surface area contributed by atoms with Crippen LogP contribution in [-0.4, -0.2) is 39.1 Å². The van der Waals surface area contributed by atoms with E-state index in [2.05, 4.69) is 27.2 Å². The molecule has 3 aromatic heterocycles. The Morgan fingerprint density at radius 3 is 2.74 bits per heavy atom. The van der Waals surface area contributed by atoms with Gasteiger partial charge in [-0.1, -0.05) is 17.4 Å². The van der Waals surface area contributed by atoms with Crippen LogP contribution in [-0.2, 0) is 4.79 Å². The van der Waals surface area contributed by atoms with Crippen molar-refractivity contribution in [3.63, 3.8) is 0 Å². The summed E-state index contributed by atoms with van der Waals surface area (Å²) in [5, 5.41) is 13.2. The van der Waals surface area contributed by atoms with E-state index in [1.54, 1.807) is 17.5 Å². The third-order valence-corrected chi connectivity index (χ3v) is 6.91. The molecule has 3 heterocycles. The van der Waals surface area contributed by atoms with Gasteiger partial charge in [0, 0.05) is 31.9 Å². The average Bonchev–Trinajstić information content (AvgIpc) is 3.24. The molecule has 1 aliphatic rings. The number of hydrogen-bond acceptors (Lipinski definition) is 7. The number of pyridine rings is 2. The topological polar surface area (TPSA) is 91.2 Å². The maximum Gasteiger partial charge on any atom is 0.303 e. The summed E-state index contributed by atoms with van der Waals surface area (Å²) in [6.07, 6.45) is 7.87. The molecule has 31 heavy (non-hydrogen) atoms. The van der Waals surface area contributed by atoms with Gasteiger partial charge < -0.3 is 15.3 Å². The predicted octanol–water partition coefficient (Wildman–Crippen LogP) is 5.12. The van der Waals surface area contributed by atoms with Gasteiger partial charge >= 0.3 is 5.97 Å². The van der Waals surface area contributed by atoms with Crippen LogP contribution in [0.2, 0.25) is 0 Å². The van der Waals surface area contributed by atoms with Gasteiger partial charge in [0.05, 0.1) is 10.6 Å². The van der Waals surface area contributed by atoms with E-state index in [0.29, 0.717) is 12.0 Å². The summed E-state index contributed by atoms with van der Waals surface area (Å²) in [5.41, 5.74) is 2.01. The van der Waals surface area contributed by atoms with Crippen LogP contribution in [0.1, 0.15) is 37.7 Å². The maximum absolute atomic E-state index is 11.0. The predicted molar refractivity (Wildman–Crippen MR) is 124 cm³/mol. The van der Waals surface area contributed by atoms with E-state index in [9.17, 15) is 4.79 Å². The molecule has 7 nitrogen and oxygen atoms in total. The lowest BCUT2D eigenvalue weighted by molar-refractivity contribution is -0.138. The Kier molecular flexibility index (Phi) is 6.46. The Bertz CT molecular complexity index is 1050. The van der Waals surface area contributed by atoms with Crippen LogP contribution in [0.4, 0.5) is 16.8 Å². The molecule has 0 saturated heterocycles. The molecule has 162 valence electrons. The molecule has 2 N–H and O–H groups in total. The number of aliphatic carboxylic acids is 1. The number of aryl methyl sites for hydroxylation is 1. The van der Waals surface area contributed by atoms with Crippen molar-refractivity contribution >= 4 is 34.1 Å². The monoisotopic (exact) mass is 437 g/mol. The van der Waals surface area contributed by atoms with Crippen molar-refractivity contribution in [2.75, 3.05) is 17.3 Å². The van der Waals surface area contributed by atoms with Crippen LogP contribution in [0.3, 0.4) is 0 Å². The van der Waals surface area contributed by atoms with Gasteiger partial charge in [-0.2, -0.15) is 0 Å². The molecular formula is C23H27N5O2S. The van der Waals surface area contributed by atoms with Crippen molar-refractivity contribution in [2.45, 2.75) is 45.1 Å². The molecule has 0 atom stereocenters. The van der Waals surface area contributed by atoms with Crippen LogP contribution in [0.25, 0.3) is 10.6 Å². The van der Waals surface area contributed by atoms with Gasteiger partial charge in [0.1, 0.15) is 11.6 Å². The Hall–Kier alpha value is -3.00. The number of aromatic nitrogens is 3. The minimum atomic E-state index is -0.691. The average molecular weight is 438 g/mol. The molecule has 0 unspecified atom stereocenters. The first-order valence-electron chi connectivity index (χ1n) is 10.6. The van der Waals surface area contributed by atoms with Crippen LogP contribution in [0.15, 0.2) is 42.7 Å². The number of carboxylic acids is 1. The molecule has 1 fully saturated rings. The number of anilines is 3. The lowest BCUT2D eigenvalue weighted by Crippen LogP contribution is -2.35. The van der Waals surface area contributed by atoms with Gasteiger partial charge in [0.15, 0.2) is 5.13 Å². The molecule has 3 aromatic rings. The van der Waals surface area contributed by atoms with Crippen molar-refractivity contribution in [1.82, 2.24) is 15.0 Å². The highest BCUT2D eigenvalue weighted by Crippen LogP contribution is 2.35. The smallest absolute Gasteiger partial charge is 0.303 e. The second kappa shape index (κ2) is 9.43. The second-order valence-electron chi connectivity index (χ2n) is 8.14. The molecule has 0 amide bonds. The second-order valence-corrected chi connectivity index (χ2v) is 9.15.